The molecule has 2 aromatic carbocycles. The summed E-state index contributed by atoms with van der Waals surface area (Å²) in [5.41, 5.74) is 3.91. The third kappa shape index (κ3) is 23.6. The Morgan fingerprint density at radius 1 is 0.391 bits per heavy atom. The summed E-state index contributed by atoms with van der Waals surface area (Å²) in [5, 5.41) is 3.37. The average Bonchev–Trinajstić information content (AvgIpc) is 4.09. The van der Waals surface area contributed by atoms with Gasteiger partial charge in [0.2, 0.25) is 0 Å². The molecule has 6 fully saturated rings. The summed E-state index contributed by atoms with van der Waals surface area (Å²) in [4.78, 5) is 4.91. The van der Waals surface area contributed by atoms with Gasteiger partial charge in [0.05, 0.1) is 0 Å². The van der Waals surface area contributed by atoms with Crippen LogP contribution in [0.15, 0.2) is 60.7 Å². The number of rotatable bonds is 10. The molecule has 0 saturated heterocycles. The summed E-state index contributed by atoms with van der Waals surface area (Å²) in [6.45, 7) is 9.91. The zero-order valence-electron chi connectivity index (χ0n) is 43.9. The molecule has 2 nitrogen and oxygen atoms in total. The molecule has 2 aromatic rings. The van der Waals surface area contributed by atoms with Crippen molar-refractivity contribution in [3.63, 3.8) is 0 Å². The number of nitrogens with zero attached hydrogens (tertiary/aromatic N) is 2. The van der Waals surface area contributed by atoms with Gasteiger partial charge >= 0.3 is 51.2 Å². The summed E-state index contributed by atoms with van der Waals surface area (Å²) in [6, 6.07) is 24.6. The van der Waals surface area contributed by atoms with E-state index in [1.54, 1.807) is 17.5 Å². The topological polar surface area (TPSA) is 6.48 Å². The van der Waals surface area contributed by atoms with Crippen LogP contribution in [0, 0.1) is 55.9 Å². The van der Waals surface area contributed by atoms with Gasteiger partial charge < -0.3 is 53.9 Å². The molecule has 0 N–H and O–H groups in total. The minimum Gasteiger partial charge on any atom is -0.358 e. The third-order valence-corrected chi connectivity index (χ3v) is 21.8. The molecular formula is C57H104Fe3N2P2. The first kappa shape index (κ1) is 73.7. The van der Waals surface area contributed by atoms with Crippen molar-refractivity contribution >= 4 is 26.5 Å². The van der Waals surface area contributed by atoms with Crippen LogP contribution in [0.1, 0.15) is 175 Å². The van der Waals surface area contributed by atoms with Crippen LogP contribution in [0.5, 0.6) is 0 Å². The van der Waals surface area contributed by atoms with Crippen molar-refractivity contribution in [1.29, 1.82) is 0 Å². The van der Waals surface area contributed by atoms with Crippen molar-refractivity contribution in [2.45, 2.75) is 210 Å². The van der Waals surface area contributed by atoms with Crippen molar-refractivity contribution in [3.8, 4) is 0 Å². The summed E-state index contributed by atoms with van der Waals surface area (Å²) < 4.78 is 0. The first-order valence-electron chi connectivity index (χ1n) is 24.1. The molecule has 0 radical (unpaired) electrons. The van der Waals surface area contributed by atoms with Gasteiger partial charge in [-0.3, -0.25) is 0 Å². The quantitative estimate of drug-likeness (QED) is 0.133. The van der Waals surface area contributed by atoms with E-state index in [1.807, 2.05) is 0 Å². The summed E-state index contributed by atoms with van der Waals surface area (Å²) in [6.07, 6.45) is 35.6. The fourth-order valence-electron chi connectivity index (χ4n) is 11.2. The van der Waals surface area contributed by atoms with Gasteiger partial charge in [-0.05, 0) is 138 Å². The van der Waals surface area contributed by atoms with Crippen LogP contribution < -0.4 is 10.6 Å². The Balaban J connectivity index is -0.000000261. The van der Waals surface area contributed by atoms with E-state index in [0.717, 1.165) is 46.6 Å². The Morgan fingerprint density at radius 3 is 0.875 bits per heavy atom. The molecule has 0 bridgehead atoms. The van der Waals surface area contributed by atoms with E-state index in [9.17, 15) is 0 Å². The van der Waals surface area contributed by atoms with Crippen LogP contribution in [0.4, 0.5) is 0 Å². The Bertz CT molecular complexity index is 1140. The van der Waals surface area contributed by atoms with E-state index < -0.39 is 0 Å². The van der Waals surface area contributed by atoms with Gasteiger partial charge in [-0.25, -0.2) is 0 Å². The van der Waals surface area contributed by atoms with E-state index >= 15 is 0 Å². The van der Waals surface area contributed by atoms with Crippen molar-refractivity contribution in [2.75, 3.05) is 28.2 Å². The predicted octanol–water partition coefficient (Wildman–Crippen LogP) is 16.7. The van der Waals surface area contributed by atoms with Crippen molar-refractivity contribution in [3.05, 3.63) is 105 Å². The second-order valence-electron chi connectivity index (χ2n) is 18.6. The number of hydrogen-bond donors (Lipinski definition) is 0. The molecule has 0 aliphatic heterocycles. The Kier molecular flexibility index (Phi) is 49.1. The molecule has 6 aliphatic rings. The van der Waals surface area contributed by atoms with E-state index in [2.05, 4.69) is 119 Å². The summed E-state index contributed by atoms with van der Waals surface area (Å²) >= 11 is 0. The molecule has 6 aliphatic carbocycles. The van der Waals surface area contributed by atoms with Gasteiger partial charge in [0.1, 0.15) is 0 Å². The molecule has 0 amide bonds. The van der Waals surface area contributed by atoms with E-state index in [1.165, 1.54) is 154 Å². The second-order valence-corrected chi connectivity index (χ2v) is 24.1. The van der Waals surface area contributed by atoms with Gasteiger partial charge in [0, 0.05) is 12.1 Å². The normalized spacial score (nSPS) is 23.8. The molecule has 7 heteroatoms. The zero-order valence-corrected chi connectivity index (χ0v) is 49.0. The fraction of sp³-hybridized carbons (Fsp3) is 0.684. The molecule has 6 saturated carbocycles. The average molecular weight is 1050 g/mol. The van der Waals surface area contributed by atoms with Gasteiger partial charge in [-0.15, -0.1) is 0 Å². The summed E-state index contributed by atoms with van der Waals surface area (Å²) in [5.74, 6) is 1.81. The molecule has 0 spiro atoms. The van der Waals surface area contributed by atoms with Gasteiger partial charge in [0.15, 0.2) is 0 Å². The van der Waals surface area contributed by atoms with Crippen LogP contribution in [-0.4, -0.2) is 72.7 Å². The van der Waals surface area contributed by atoms with Crippen molar-refractivity contribution in [2.24, 2.45) is 11.8 Å². The van der Waals surface area contributed by atoms with E-state index in [4.69, 9.17) is 0 Å². The van der Waals surface area contributed by atoms with Crippen LogP contribution in [0.25, 0.3) is 0 Å². The predicted molar refractivity (Wildman–Crippen MR) is 288 cm³/mol. The molecule has 4 unspecified atom stereocenters. The minimum absolute atomic E-state index is 0. The maximum absolute atomic E-state index is 3.25. The Hall–Kier alpha value is 0.778. The van der Waals surface area contributed by atoms with Crippen LogP contribution in [0.2, 0.25) is 0 Å². The molecule has 0 heterocycles. The maximum Gasteiger partial charge on any atom is 2.00 e. The molecule has 8 atom stereocenters. The van der Waals surface area contributed by atoms with Gasteiger partial charge in [0.25, 0.3) is 0 Å². The first-order chi connectivity index (χ1) is 27.4. The zero-order chi connectivity index (χ0) is 40.1. The monoisotopic (exact) mass is 1050 g/mol. The van der Waals surface area contributed by atoms with E-state index in [0.29, 0.717) is 0 Å². The molecule has 64 heavy (non-hydrogen) atoms. The molecule has 0 aromatic heterocycles. The first-order valence-corrected chi connectivity index (χ1v) is 27.0. The third-order valence-electron chi connectivity index (χ3n) is 14.7. The molecular weight excluding hydrogens is 942 g/mol. The number of hydrogen-bond acceptors (Lipinski definition) is 2. The second kappa shape index (κ2) is 42.6. The molecule has 376 valence electrons. The largest absolute Gasteiger partial charge is 2.00 e. The standard InChI is InChI=1S/2C20H32NP.2C5H10.C2H5.5CH3.3Fe/c2*1-16(21(2)3)19-14-9-15-20(19)22(18-12-7-8-13-18)17-10-5-4-6-11-17;2*1-2-4-5-3-1;1-2;;;;;;;;/h2*4-6,10-11,16,18-20H,7-9,12-15H2,1-3H3;2*1-5H2;1H2,2H3;5*1H3;;;/q;;;;6*-1;3*+2/t2*16-,19?,20?,22-;;;;;;;;;;;/m11.........../s1. The van der Waals surface area contributed by atoms with Gasteiger partial charge in [-0.1, -0.05) is 179 Å². The minimum atomic E-state index is 0. The van der Waals surface area contributed by atoms with E-state index in [-0.39, 0.29) is 104 Å². The SMILES string of the molecule is C1CCCC1.C1CCCC1.C[C@H](C1CCCC1[P@](c1ccccc1)C1CCCC1)N(C)C.C[C@H](C1CCCC1[P@](c1ccccc1)C1CCCC1)N(C)C.[CH2-]C.[CH3-].[CH3-].[CH3-].[CH3-].[CH3-].[Fe+2].[Fe+2].[Fe+2]. The number of benzene rings is 2. The smallest absolute Gasteiger partial charge is 0.358 e. The summed E-state index contributed by atoms with van der Waals surface area (Å²) in [7, 11) is 9.09. The maximum atomic E-state index is 3.25. The Morgan fingerprint density at radius 2 is 0.641 bits per heavy atom. The van der Waals surface area contributed by atoms with Crippen LogP contribution >= 0.6 is 15.8 Å². The van der Waals surface area contributed by atoms with Gasteiger partial charge in [-0.2, -0.15) is 6.92 Å². The van der Waals surface area contributed by atoms with Crippen LogP contribution in [0.3, 0.4) is 0 Å². The molecule has 8 rings (SSSR count). The van der Waals surface area contributed by atoms with Crippen molar-refractivity contribution < 1.29 is 51.2 Å². The van der Waals surface area contributed by atoms with Crippen molar-refractivity contribution in [1.82, 2.24) is 9.80 Å². The fourth-order valence-corrected chi connectivity index (χ4v) is 19.3. The Labute approximate surface area is 438 Å². The van der Waals surface area contributed by atoms with Crippen LogP contribution in [-0.2, 0) is 51.2 Å².